The molecule has 3 aromatic rings. The zero-order valence-electron chi connectivity index (χ0n) is 23.0. The molecule has 11 heteroatoms. The first-order valence-corrected chi connectivity index (χ1v) is 13.8. The third-order valence-electron chi connectivity index (χ3n) is 7.38. The van der Waals surface area contributed by atoms with E-state index in [2.05, 4.69) is 16.0 Å². The minimum absolute atomic E-state index is 0.00556. The summed E-state index contributed by atoms with van der Waals surface area (Å²) in [5.41, 5.74) is -0.643. The van der Waals surface area contributed by atoms with Crippen LogP contribution in [0.15, 0.2) is 48.7 Å². The maximum Gasteiger partial charge on any atom is 0.418 e. The summed E-state index contributed by atoms with van der Waals surface area (Å²) in [6, 6.07) is 13.0. The number of carbonyl (C=O) groups excluding carboxylic acids is 1. The highest BCUT2D eigenvalue weighted by molar-refractivity contribution is 6.30. The number of pyridine rings is 2. The second-order valence-electron chi connectivity index (χ2n) is 9.65. The van der Waals surface area contributed by atoms with Crippen LogP contribution in [0.5, 0.6) is 5.88 Å². The minimum Gasteiger partial charge on any atom is -0.477 e. The molecule has 2 atom stereocenters. The van der Waals surface area contributed by atoms with Crippen molar-refractivity contribution in [3.8, 4) is 23.2 Å². The second kappa shape index (κ2) is 12.4. The van der Waals surface area contributed by atoms with E-state index in [0.717, 1.165) is 6.07 Å². The van der Waals surface area contributed by atoms with Gasteiger partial charge in [0.05, 0.1) is 41.5 Å². The number of hydrogen-bond donors (Lipinski definition) is 0. The third-order valence-corrected chi connectivity index (χ3v) is 7.62. The molecule has 2 aromatic heterocycles. The average Bonchev–Trinajstić information content (AvgIpc) is 2.96. The number of anilines is 1. The Morgan fingerprint density at radius 3 is 2.63 bits per heavy atom. The standard InChI is InChI=1S/C30H30ClF3N4O3/c1-4-19-17-38(25-12-9-20(31)16-23(25)30(32,33)34)15-13-29(19,18-35)22-10-11-24(37-26(22)28(39)41-6-3)21-8-7-14-36-27(21)40-5-2/h7-12,14,16,19H,4-6,13,15,17H2,1-3H3/t19-,29+/m1/s1. The number of ether oxygens (including phenoxy) is 2. The number of carbonyl (C=O) groups is 1. The zero-order chi connectivity index (χ0) is 29.8. The number of nitrogens with zero attached hydrogens (tertiary/aromatic N) is 4. The van der Waals surface area contributed by atoms with Gasteiger partial charge >= 0.3 is 12.1 Å². The maximum atomic E-state index is 13.9. The van der Waals surface area contributed by atoms with E-state index < -0.39 is 29.0 Å². The highest BCUT2D eigenvalue weighted by Gasteiger charge is 2.48. The SMILES string of the molecule is CCOC(=O)c1nc(-c2cccnc2OCC)ccc1[C@]1(C#N)CCN(c2ccc(Cl)cc2C(F)(F)F)C[C@H]1CC. The van der Waals surface area contributed by atoms with Gasteiger partial charge in [-0.25, -0.2) is 14.8 Å². The molecular formula is C30H30ClF3N4O3. The van der Waals surface area contributed by atoms with E-state index in [1.807, 2.05) is 13.8 Å². The van der Waals surface area contributed by atoms with Crippen molar-refractivity contribution in [1.82, 2.24) is 9.97 Å². The van der Waals surface area contributed by atoms with E-state index in [-0.39, 0.29) is 42.5 Å². The van der Waals surface area contributed by atoms with E-state index in [1.54, 1.807) is 42.3 Å². The van der Waals surface area contributed by atoms with Crippen molar-refractivity contribution in [3.63, 3.8) is 0 Å². The predicted molar refractivity (Wildman–Crippen MR) is 149 cm³/mol. The van der Waals surface area contributed by atoms with Gasteiger partial charge in [-0.3, -0.25) is 0 Å². The Morgan fingerprint density at radius 1 is 1.20 bits per heavy atom. The van der Waals surface area contributed by atoms with E-state index >= 15 is 0 Å². The fourth-order valence-corrected chi connectivity index (χ4v) is 5.63. The van der Waals surface area contributed by atoms with Crippen molar-refractivity contribution in [2.45, 2.75) is 45.2 Å². The monoisotopic (exact) mass is 586 g/mol. The molecule has 0 saturated carbocycles. The molecule has 0 bridgehead atoms. The average molecular weight is 587 g/mol. The predicted octanol–water partition coefficient (Wildman–Crippen LogP) is 7.09. The van der Waals surface area contributed by atoms with Crippen LogP contribution >= 0.6 is 11.6 Å². The number of alkyl halides is 3. The fourth-order valence-electron chi connectivity index (χ4n) is 5.46. The molecule has 1 aliphatic rings. The van der Waals surface area contributed by atoms with Crippen LogP contribution in [-0.2, 0) is 16.3 Å². The van der Waals surface area contributed by atoms with Crippen molar-refractivity contribution >= 4 is 23.3 Å². The Balaban J connectivity index is 1.80. The van der Waals surface area contributed by atoms with Gasteiger partial charge in [-0.2, -0.15) is 18.4 Å². The molecule has 1 aliphatic heterocycles. The summed E-state index contributed by atoms with van der Waals surface area (Å²) in [6.45, 7) is 6.17. The third kappa shape index (κ3) is 5.96. The number of rotatable bonds is 8. The molecule has 0 amide bonds. The van der Waals surface area contributed by atoms with Gasteiger partial charge in [-0.15, -0.1) is 0 Å². The Labute approximate surface area is 241 Å². The lowest BCUT2D eigenvalue weighted by molar-refractivity contribution is -0.137. The van der Waals surface area contributed by atoms with Gasteiger partial charge in [-0.1, -0.05) is 24.6 Å². The van der Waals surface area contributed by atoms with Crippen LogP contribution in [0.2, 0.25) is 5.02 Å². The number of halogens is 4. The van der Waals surface area contributed by atoms with Crippen molar-refractivity contribution in [2.75, 3.05) is 31.2 Å². The van der Waals surface area contributed by atoms with Gasteiger partial charge in [0.2, 0.25) is 5.88 Å². The van der Waals surface area contributed by atoms with Gasteiger partial charge in [0.15, 0.2) is 5.69 Å². The smallest absolute Gasteiger partial charge is 0.418 e. The summed E-state index contributed by atoms with van der Waals surface area (Å²) in [5, 5.41) is 10.6. The van der Waals surface area contributed by atoms with E-state index in [4.69, 9.17) is 21.1 Å². The zero-order valence-corrected chi connectivity index (χ0v) is 23.7. The number of hydrogen-bond acceptors (Lipinski definition) is 7. The van der Waals surface area contributed by atoms with Gasteiger partial charge in [0.1, 0.15) is 0 Å². The Bertz CT molecular complexity index is 1460. The summed E-state index contributed by atoms with van der Waals surface area (Å²) < 4.78 is 52.7. The lowest BCUT2D eigenvalue weighted by Crippen LogP contribution is -2.50. The van der Waals surface area contributed by atoms with Crippen molar-refractivity contribution in [1.29, 1.82) is 5.26 Å². The molecule has 3 heterocycles. The molecule has 41 heavy (non-hydrogen) atoms. The van der Waals surface area contributed by atoms with Crippen LogP contribution in [0.4, 0.5) is 18.9 Å². The molecular weight excluding hydrogens is 557 g/mol. The Hall–Kier alpha value is -3.84. The largest absolute Gasteiger partial charge is 0.477 e. The van der Waals surface area contributed by atoms with Crippen LogP contribution in [-0.4, -0.2) is 42.2 Å². The molecule has 0 N–H and O–H groups in total. The topological polar surface area (TPSA) is 88.3 Å². The molecule has 0 radical (unpaired) electrons. The fraction of sp³-hybridized carbons (Fsp3) is 0.400. The molecule has 0 unspecified atom stereocenters. The molecule has 1 aromatic carbocycles. The summed E-state index contributed by atoms with van der Waals surface area (Å²) in [7, 11) is 0. The number of aromatic nitrogens is 2. The number of piperidine rings is 1. The molecule has 0 aliphatic carbocycles. The van der Waals surface area contributed by atoms with E-state index in [9.17, 15) is 23.2 Å². The first kappa shape index (κ1) is 30.1. The first-order chi connectivity index (χ1) is 19.6. The quantitative estimate of drug-likeness (QED) is 0.260. The van der Waals surface area contributed by atoms with Crippen LogP contribution in [0.3, 0.4) is 0 Å². The minimum atomic E-state index is -4.60. The highest BCUT2D eigenvalue weighted by atomic mass is 35.5. The summed E-state index contributed by atoms with van der Waals surface area (Å²) in [4.78, 5) is 23.8. The Kier molecular flexibility index (Phi) is 9.08. The van der Waals surface area contributed by atoms with Crippen LogP contribution in [0.25, 0.3) is 11.3 Å². The van der Waals surface area contributed by atoms with E-state index in [0.29, 0.717) is 35.7 Å². The Morgan fingerprint density at radius 2 is 1.98 bits per heavy atom. The van der Waals surface area contributed by atoms with Crippen molar-refractivity contribution in [2.24, 2.45) is 5.92 Å². The molecule has 0 spiro atoms. The van der Waals surface area contributed by atoms with Crippen LogP contribution in [0, 0.1) is 17.2 Å². The molecule has 1 saturated heterocycles. The lowest BCUT2D eigenvalue weighted by atomic mass is 9.65. The molecule has 7 nitrogen and oxygen atoms in total. The molecule has 1 fully saturated rings. The normalized spacial score (nSPS) is 19.0. The van der Waals surface area contributed by atoms with E-state index in [1.165, 1.54) is 12.1 Å². The first-order valence-electron chi connectivity index (χ1n) is 13.4. The van der Waals surface area contributed by atoms with Crippen molar-refractivity contribution in [3.05, 3.63) is 70.5 Å². The van der Waals surface area contributed by atoms with Crippen LogP contribution < -0.4 is 9.64 Å². The molecule has 4 rings (SSSR count). The van der Waals surface area contributed by atoms with Crippen molar-refractivity contribution < 1.29 is 27.4 Å². The molecule has 216 valence electrons. The number of benzene rings is 1. The summed E-state index contributed by atoms with van der Waals surface area (Å²) in [6.07, 6.45) is -2.37. The highest BCUT2D eigenvalue weighted by Crippen LogP contribution is 2.46. The van der Waals surface area contributed by atoms with Gasteiger partial charge in [0, 0.05) is 35.6 Å². The summed E-state index contributed by atoms with van der Waals surface area (Å²) in [5.74, 6) is -0.755. The van der Waals surface area contributed by atoms with Gasteiger partial charge in [-0.05, 0) is 69.0 Å². The van der Waals surface area contributed by atoms with Gasteiger partial charge in [0.25, 0.3) is 0 Å². The second-order valence-corrected chi connectivity index (χ2v) is 10.1. The summed E-state index contributed by atoms with van der Waals surface area (Å²) >= 11 is 5.90. The number of esters is 1. The lowest BCUT2D eigenvalue weighted by Gasteiger charge is -2.45. The van der Waals surface area contributed by atoms with Gasteiger partial charge < -0.3 is 14.4 Å². The van der Waals surface area contributed by atoms with Crippen LogP contribution in [0.1, 0.15) is 55.2 Å². The number of nitriles is 1. The maximum absolute atomic E-state index is 13.9.